The molecule has 0 spiro atoms. The zero-order valence-corrected chi connectivity index (χ0v) is 11.8. The van der Waals surface area contributed by atoms with Crippen molar-refractivity contribution in [2.75, 3.05) is 13.1 Å². The molecule has 1 heterocycles. The van der Waals surface area contributed by atoms with Crippen molar-refractivity contribution in [3.05, 3.63) is 35.1 Å². The maximum atomic E-state index is 13.4. The van der Waals surface area contributed by atoms with E-state index in [4.69, 9.17) is 5.73 Å². The summed E-state index contributed by atoms with van der Waals surface area (Å²) in [4.78, 5) is 2.44. The first-order valence-electron chi connectivity index (χ1n) is 6.43. The van der Waals surface area contributed by atoms with E-state index in [0.717, 1.165) is 25.2 Å². The minimum Gasteiger partial charge on any atom is -0.326 e. The van der Waals surface area contributed by atoms with E-state index in [-0.39, 0.29) is 12.4 Å². The molecule has 0 saturated carbocycles. The Kier molecular flexibility index (Phi) is 4.65. The molecule has 2 nitrogen and oxygen atoms in total. The number of thioether (sulfide) groups is 1. The van der Waals surface area contributed by atoms with Crippen LogP contribution >= 0.6 is 11.8 Å². The van der Waals surface area contributed by atoms with E-state index in [1.54, 1.807) is 0 Å². The highest BCUT2D eigenvalue weighted by molar-refractivity contribution is 8.00. The molecule has 0 aliphatic carbocycles. The fourth-order valence-electron chi connectivity index (χ4n) is 2.55. The van der Waals surface area contributed by atoms with Crippen LogP contribution in [0.25, 0.3) is 0 Å². The topological polar surface area (TPSA) is 29.3 Å². The summed E-state index contributed by atoms with van der Waals surface area (Å²) in [7, 11) is 0. The molecule has 18 heavy (non-hydrogen) atoms. The van der Waals surface area contributed by atoms with Gasteiger partial charge in [-0.3, -0.25) is 4.90 Å². The Balaban J connectivity index is 2.04. The van der Waals surface area contributed by atoms with Gasteiger partial charge in [-0.15, -0.1) is 0 Å². The average Bonchev–Trinajstić information content (AvgIpc) is 2.30. The van der Waals surface area contributed by atoms with Crippen LogP contribution in [0.15, 0.2) is 18.2 Å². The molecular formula is C14H21FN2S. The molecule has 1 aromatic carbocycles. The predicted octanol–water partition coefficient (Wildman–Crippen LogP) is 2.61. The van der Waals surface area contributed by atoms with Crippen LogP contribution in [-0.4, -0.2) is 28.5 Å². The third-order valence-corrected chi connectivity index (χ3v) is 4.46. The number of nitrogens with two attached hydrogens (primary N) is 1. The fraction of sp³-hybridized carbons (Fsp3) is 0.571. The fourth-order valence-corrected chi connectivity index (χ4v) is 3.94. The Morgan fingerprint density at radius 3 is 2.61 bits per heavy atom. The van der Waals surface area contributed by atoms with Crippen molar-refractivity contribution in [2.45, 2.75) is 37.4 Å². The summed E-state index contributed by atoms with van der Waals surface area (Å²) in [6.07, 6.45) is 0. The van der Waals surface area contributed by atoms with Gasteiger partial charge in [0.1, 0.15) is 5.82 Å². The van der Waals surface area contributed by atoms with Gasteiger partial charge in [-0.1, -0.05) is 26.0 Å². The van der Waals surface area contributed by atoms with Gasteiger partial charge < -0.3 is 5.73 Å². The quantitative estimate of drug-likeness (QED) is 0.913. The molecule has 1 fully saturated rings. The molecule has 0 aromatic heterocycles. The molecule has 2 rings (SSSR count). The Morgan fingerprint density at radius 1 is 1.33 bits per heavy atom. The standard InChI is InChI=1S/C14H21FN2S/c1-10-7-17(8-11(2)18-10)9-12-3-4-14(15)13(5-12)6-16/h3-5,10-11H,6-9,16H2,1-2H3. The highest BCUT2D eigenvalue weighted by Crippen LogP contribution is 2.25. The second-order valence-corrected chi connectivity index (χ2v) is 6.96. The molecule has 1 aliphatic heterocycles. The van der Waals surface area contributed by atoms with Gasteiger partial charge in [0.25, 0.3) is 0 Å². The molecule has 1 saturated heterocycles. The highest BCUT2D eigenvalue weighted by Gasteiger charge is 2.22. The van der Waals surface area contributed by atoms with Gasteiger partial charge >= 0.3 is 0 Å². The first-order valence-corrected chi connectivity index (χ1v) is 7.38. The monoisotopic (exact) mass is 268 g/mol. The Labute approximate surface area is 113 Å². The van der Waals surface area contributed by atoms with Crippen LogP contribution in [0.4, 0.5) is 4.39 Å². The normalized spacial score (nSPS) is 25.3. The summed E-state index contributed by atoms with van der Waals surface area (Å²) in [6.45, 7) is 7.89. The predicted molar refractivity (Wildman–Crippen MR) is 76.1 cm³/mol. The molecule has 0 radical (unpaired) electrons. The largest absolute Gasteiger partial charge is 0.326 e. The summed E-state index contributed by atoms with van der Waals surface area (Å²) < 4.78 is 13.4. The zero-order valence-electron chi connectivity index (χ0n) is 11.0. The van der Waals surface area contributed by atoms with Crippen molar-refractivity contribution in [1.29, 1.82) is 0 Å². The van der Waals surface area contributed by atoms with Gasteiger partial charge in [0.15, 0.2) is 0 Å². The van der Waals surface area contributed by atoms with Crippen molar-refractivity contribution in [1.82, 2.24) is 4.90 Å². The second kappa shape index (κ2) is 6.04. The highest BCUT2D eigenvalue weighted by atomic mass is 32.2. The van der Waals surface area contributed by atoms with Crippen LogP contribution in [0.1, 0.15) is 25.0 Å². The summed E-state index contributed by atoms with van der Waals surface area (Å²) in [6, 6.07) is 5.29. The van der Waals surface area contributed by atoms with E-state index < -0.39 is 0 Å². The number of halogens is 1. The summed E-state index contributed by atoms with van der Waals surface area (Å²) in [5, 5.41) is 1.34. The number of rotatable bonds is 3. The van der Waals surface area contributed by atoms with Crippen molar-refractivity contribution < 1.29 is 4.39 Å². The lowest BCUT2D eigenvalue weighted by molar-refractivity contribution is 0.262. The zero-order chi connectivity index (χ0) is 13.1. The molecule has 1 aromatic rings. The van der Waals surface area contributed by atoms with Crippen molar-refractivity contribution in [2.24, 2.45) is 5.73 Å². The number of hydrogen-bond donors (Lipinski definition) is 1. The Bertz CT molecular complexity index is 401. The van der Waals surface area contributed by atoms with Crippen LogP contribution in [0, 0.1) is 5.82 Å². The molecule has 2 atom stereocenters. The van der Waals surface area contributed by atoms with Gasteiger partial charge in [-0.05, 0) is 11.6 Å². The average molecular weight is 268 g/mol. The van der Waals surface area contributed by atoms with Crippen LogP contribution in [0.5, 0.6) is 0 Å². The third kappa shape index (κ3) is 3.46. The molecule has 1 aliphatic rings. The van der Waals surface area contributed by atoms with E-state index in [0.29, 0.717) is 16.1 Å². The molecule has 100 valence electrons. The summed E-state index contributed by atoms with van der Waals surface area (Å²) >= 11 is 2.04. The summed E-state index contributed by atoms with van der Waals surface area (Å²) in [5.41, 5.74) is 7.31. The van der Waals surface area contributed by atoms with Crippen molar-refractivity contribution in [3.8, 4) is 0 Å². The number of benzene rings is 1. The van der Waals surface area contributed by atoms with E-state index in [1.807, 2.05) is 23.9 Å². The number of hydrogen-bond acceptors (Lipinski definition) is 3. The van der Waals surface area contributed by atoms with Gasteiger partial charge in [0.2, 0.25) is 0 Å². The first kappa shape index (κ1) is 13.8. The lowest BCUT2D eigenvalue weighted by Gasteiger charge is -2.34. The van der Waals surface area contributed by atoms with Crippen molar-refractivity contribution >= 4 is 11.8 Å². The van der Waals surface area contributed by atoms with E-state index in [1.165, 1.54) is 6.07 Å². The Morgan fingerprint density at radius 2 is 2.00 bits per heavy atom. The van der Waals surface area contributed by atoms with Crippen LogP contribution in [-0.2, 0) is 13.1 Å². The molecule has 0 amide bonds. The SMILES string of the molecule is CC1CN(Cc2ccc(F)c(CN)c2)CC(C)S1. The van der Waals surface area contributed by atoms with Gasteiger partial charge in [0, 0.05) is 42.2 Å². The third-order valence-electron chi connectivity index (χ3n) is 3.23. The Hall–Kier alpha value is -0.580. The maximum Gasteiger partial charge on any atom is 0.127 e. The van der Waals surface area contributed by atoms with E-state index >= 15 is 0 Å². The second-order valence-electron chi connectivity index (χ2n) is 5.08. The summed E-state index contributed by atoms with van der Waals surface area (Å²) in [5.74, 6) is -0.197. The first-order chi connectivity index (χ1) is 8.58. The molecular weight excluding hydrogens is 247 g/mol. The molecule has 4 heteroatoms. The van der Waals surface area contributed by atoms with Crippen LogP contribution < -0.4 is 5.73 Å². The minimum absolute atomic E-state index is 0.197. The number of nitrogens with zero attached hydrogens (tertiary/aromatic N) is 1. The molecule has 2 N–H and O–H groups in total. The van der Waals surface area contributed by atoms with Gasteiger partial charge in [-0.2, -0.15) is 11.8 Å². The van der Waals surface area contributed by atoms with E-state index in [2.05, 4.69) is 18.7 Å². The lowest BCUT2D eigenvalue weighted by Crippen LogP contribution is -2.39. The van der Waals surface area contributed by atoms with Crippen LogP contribution in [0.3, 0.4) is 0 Å². The molecule has 2 unspecified atom stereocenters. The van der Waals surface area contributed by atoms with Crippen LogP contribution in [0.2, 0.25) is 0 Å². The minimum atomic E-state index is -0.197. The van der Waals surface area contributed by atoms with Crippen molar-refractivity contribution in [3.63, 3.8) is 0 Å². The van der Waals surface area contributed by atoms with Gasteiger partial charge in [-0.25, -0.2) is 4.39 Å². The van der Waals surface area contributed by atoms with E-state index in [9.17, 15) is 4.39 Å². The molecule has 0 bridgehead atoms. The van der Waals surface area contributed by atoms with Gasteiger partial charge in [0.05, 0.1) is 0 Å². The smallest absolute Gasteiger partial charge is 0.127 e. The maximum absolute atomic E-state index is 13.4. The lowest BCUT2D eigenvalue weighted by atomic mass is 10.1.